The molecular formula is C18H19FN4OS. The summed E-state index contributed by atoms with van der Waals surface area (Å²) in [7, 11) is 0. The van der Waals surface area contributed by atoms with Gasteiger partial charge in [-0.05, 0) is 30.2 Å². The van der Waals surface area contributed by atoms with E-state index in [2.05, 4.69) is 33.6 Å². The van der Waals surface area contributed by atoms with E-state index in [1.807, 2.05) is 0 Å². The predicted octanol–water partition coefficient (Wildman–Crippen LogP) is 3.51. The largest absolute Gasteiger partial charge is 0.369 e. The van der Waals surface area contributed by atoms with Gasteiger partial charge in [-0.3, -0.25) is 4.79 Å². The highest BCUT2D eigenvalue weighted by Crippen LogP contribution is 2.28. The maximum atomic E-state index is 12.8. The van der Waals surface area contributed by atoms with E-state index < -0.39 is 0 Å². The summed E-state index contributed by atoms with van der Waals surface area (Å²) in [6.45, 7) is 2.98. The average Bonchev–Trinajstić information content (AvgIpc) is 3.05. The molecule has 130 valence electrons. The van der Waals surface area contributed by atoms with Crippen LogP contribution >= 0.6 is 11.3 Å². The summed E-state index contributed by atoms with van der Waals surface area (Å²) in [6.07, 6.45) is 2.83. The van der Waals surface area contributed by atoms with Crippen LogP contribution < -0.4 is 10.6 Å². The summed E-state index contributed by atoms with van der Waals surface area (Å²) in [4.78, 5) is 22.7. The minimum absolute atomic E-state index is 0.0679. The lowest BCUT2D eigenvalue weighted by Crippen LogP contribution is -2.25. The first-order chi connectivity index (χ1) is 12.2. The molecular weight excluding hydrogens is 339 g/mol. The van der Waals surface area contributed by atoms with Crippen molar-refractivity contribution < 1.29 is 9.18 Å². The molecule has 3 aromatic rings. The van der Waals surface area contributed by atoms with E-state index >= 15 is 0 Å². The lowest BCUT2D eigenvalue weighted by molar-refractivity contribution is -0.121. The third-order valence-electron chi connectivity index (χ3n) is 3.78. The molecule has 3 rings (SSSR count). The highest BCUT2D eigenvalue weighted by Gasteiger charge is 2.08. The van der Waals surface area contributed by atoms with Gasteiger partial charge < -0.3 is 10.6 Å². The minimum Gasteiger partial charge on any atom is -0.369 e. The highest BCUT2D eigenvalue weighted by atomic mass is 32.1. The molecule has 0 atom stereocenters. The molecule has 0 saturated carbocycles. The van der Waals surface area contributed by atoms with E-state index in [1.54, 1.807) is 23.5 Å². The minimum atomic E-state index is -0.282. The number of nitrogens with one attached hydrogen (secondary N) is 2. The van der Waals surface area contributed by atoms with Gasteiger partial charge in [-0.2, -0.15) is 0 Å². The molecule has 0 fully saturated rings. The highest BCUT2D eigenvalue weighted by molar-refractivity contribution is 7.18. The molecule has 0 spiro atoms. The smallest absolute Gasteiger partial charge is 0.222 e. The number of anilines is 1. The first kappa shape index (κ1) is 17.3. The van der Waals surface area contributed by atoms with Crippen molar-refractivity contribution in [1.82, 2.24) is 15.3 Å². The molecule has 2 N–H and O–H groups in total. The van der Waals surface area contributed by atoms with Crippen LogP contribution in [0.15, 0.2) is 36.7 Å². The normalized spacial score (nSPS) is 10.8. The number of fused-ring (bicyclic) bond motifs is 1. The average molecular weight is 358 g/mol. The van der Waals surface area contributed by atoms with Crippen LogP contribution in [0.2, 0.25) is 0 Å². The van der Waals surface area contributed by atoms with E-state index in [9.17, 15) is 9.18 Å². The summed E-state index contributed by atoms with van der Waals surface area (Å²) in [5.41, 5.74) is 0.866. The predicted molar refractivity (Wildman–Crippen MR) is 98.1 cm³/mol. The van der Waals surface area contributed by atoms with Crippen LogP contribution in [0.5, 0.6) is 0 Å². The zero-order chi connectivity index (χ0) is 17.6. The monoisotopic (exact) mass is 358 g/mol. The van der Waals surface area contributed by atoms with Crippen molar-refractivity contribution in [2.24, 2.45) is 0 Å². The number of hydrogen-bond acceptors (Lipinski definition) is 5. The van der Waals surface area contributed by atoms with E-state index in [0.29, 0.717) is 19.5 Å². The number of amides is 1. The van der Waals surface area contributed by atoms with Crippen LogP contribution in [0, 0.1) is 5.82 Å². The van der Waals surface area contributed by atoms with Crippen LogP contribution in [-0.2, 0) is 17.8 Å². The number of carbonyl (C=O) groups excluding carboxylic acids is 1. The first-order valence-electron chi connectivity index (χ1n) is 8.14. The second-order valence-corrected chi connectivity index (χ2v) is 6.70. The number of thiophene rings is 1. The Balaban J connectivity index is 1.50. The van der Waals surface area contributed by atoms with Gasteiger partial charge in [0, 0.05) is 24.4 Å². The number of nitrogens with zero attached hydrogens (tertiary/aromatic N) is 2. The zero-order valence-corrected chi connectivity index (χ0v) is 14.7. The lowest BCUT2D eigenvalue weighted by Gasteiger charge is -2.07. The van der Waals surface area contributed by atoms with E-state index in [0.717, 1.165) is 28.0 Å². The molecule has 2 heterocycles. The molecule has 5 nitrogen and oxygen atoms in total. The summed E-state index contributed by atoms with van der Waals surface area (Å²) >= 11 is 1.66. The standard InChI is InChI=1S/C18H19FN4OS/c1-2-14-9-15-17(22-11-23-18(15)25-14)20-8-7-16(24)21-10-12-3-5-13(19)6-4-12/h3-6,9,11H,2,7-8,10H2,1H3,(H,21,24)(H,20,22,23). The Morgan fingerprint density at radius 1 is 1.24 bits per heavy atom. The summed E-state index contributed by atoms with van der Waals surface area (Å²) in [5, 5.41) is 7.03. The molecule has 0 aliphatic carbocycles. The zero-order valence-electron chi connectivity index (χ0n) is 13.9. The van der Waals surface area contributed by atoms with Crippen molar-refractivity contribution in [2.45, 2.75) is 26.3 Å². The Kier molecular flexibility index (Phi) is 5.55. The second kappa shape index (κ2) is 8.02. The summed E-state index contributed by atoms with van der Waals surface area (Å²) < 4.78 is 12.8. The first-order valence-corrected chi connectivity index (χ1v) is 8.96. The molecule has 2 aromatic heterocycles. The molecule has 0 aliphatic heterocycles. The van der Waals surface area contributed by atoms with Gasteiger partial charge in [0.15, 0.2) is 0 Å². The molecule has 0 radical (unpaired) electrons. The molecule has 1 amide bonds. The van der Waals surface area contributed by atoms with Crippen molar-refractivity contribution >= 4 is 33.3 Å². The van der Waals surface area contributed by atoms with Gasteiger partial charge in [-0.1, -0.05) is 19.1 Å². The molecule has 0 bridgehead atoms. The maximum absolute atomic E-state index is 12.8. The van der Waals surface area contributed by atoms with Crippen molar-refractivity contribution in [3.8, 4) is 0 Å². The fraction of sp³-hybridized carbons (Fsp3) is 0.278. The lowest BCUT2D eigenvalue weighted by atomic mass is 10.2. The number of aryl methyl sites for hydroxylation is 1. The maximum Gasteiger partial charge on any atom is 0.222 e. The van der Waals surface area contributed by atoms with Crippen molar-refractivity contribution in [1.29, 1.82) is 0 Å². The third-order valence-corrected chi connectivity index (χ3v) is 4.96. The number of benzene rings is 1. The Morgan fingerprint density at radius 2 is 2.04 bits per heavy atom. The number of aromatic nitrogens is 2. The molecule has 0 saturated heterocycles. The number of hydrogen-bond donors (Lipinski definition) is 2. The summed E-state index contributed by atoms with van der Waals surface area (Å²) in [5.74, 6) is 0.407. The van der Waals surface area contributed by atoms with Crippen molar-refractivity contribution in [3.05, 3.63) is 52.9 Å². The molecule has 0 unspecified atom stereocenters. The Labute approximate surface area is 149 Å². The van der Waals surface area contributed by atoms with Gasteiger partial charge in [-0.25, -0.2) is 14.4 Å². The number of halogens is 1. The van der Waals surface area contributed by atoms with Crippen LogP contribution in [0.3, 0.4) is 0 Å². The van der Waals surface area contributed by atoms with Gasteiger partial charge in [0.2, 0.25) is 5.91 Å². The third kappa shape index (κ3) is 4.51. The van der Waals surface area contributed by atoms with Gasteiger partial charge >= 0.3 is 0 Å². The van der Waals surface area contributed by atoms with E-state index in [1.165, 1.54) is 23.3 Å². The molecule has 25 heavy (non-hydrogen) atoms. The fourth-order valence-corrected chi connectivity index (χ4v) is 3.34. The van der Waals surface area contributed by atoms with Crippen LogP contribution in [0.25, 0.3) is 10.2 Å². The molecule has 7 heteroatoms. The van der Waals surface area contributed by atoms with Crippen molar-refractivity contribution in [3.63, 3.8) is 0 Å². The Hall–Kier alpha value is -2.54. The summed E-state index contributed by atoms with van der Waals surface area (Å²) in [6, 6.07) is 8.18. The SMILES string of the molecule is CCc1cc2c(NCCC(=O)NCc3ccc(F)cc3)ncnc2s1. The van der Waals surface area contributed by atoms with E-state index in [4.69, 9.17) is 0 Å². The Bertz CT molecular complexity index is 863. The second-order valence-electron chi connectivity index (χ2n) is 5.59. The van der Waals surface area contributed by atoms with Crippen LogP contribution in [-0.4, -0.2) is 22.4 Å². The van der Waals surface area contributed by atoms with Gasteiger partial charge in [0.1, 0.15) is 22.8 Å². The van der Waals surface area contributed by atoms with Crippen LogP contribution in [0.1, 0.15) is 23.8 Å². The van der Waals surface area contributed by atoms with Gasteiger partial charge in [0.05, 0.1) is 5.39 Å². The van der Waals surface area contributed by atoms with Crippen LogP contribution in [0.4, 0.5) is 10.2 Å². The quantitative estimate of drug-likeness (QED) is 0.678. The fourth-order valence-electron chi connectivity index (χ4n) is 2.41. The topological polar surface area (TPSA) is 66.9 Å². The molecule has 0 aliphatic rings. The number of rotatable bonds is 7. The van der Waals surface area contributed by atoms with Crippen molar-refractivity contribution in [2.75, 3.05) is 11.9 Å². The van der Waals surface area contributed by atoms with E-state index in [-0.39, 0.29) is 11.7 Å². The number of carbonyl (C=O) groups is 1. The van der Waals surface area contributed by atoms with Gasteiger partial charge in [-0.15, -0.1) is 11.3 Å². The van der Waals surface area contributed by atoms with Gasteiger partial charge in [0.25, 0.3) is 0 Å². The molecule has 1 aromatic carbocycles. The Morgan fingerprint density at radius 3 is 2.80 bits per heavy atom.